The predicted octanol–water partition coefficient (Wildman–Crippen LogP) is 2.66. The molecular weight excluding hydrogens is 330 g/mol. The Kier molecular flexibility index (Phi) is 5.86. The molecule has 6 nitrogen and oxygen atoms in total. The van der Waals surface area contributed by atoms with E-state index >= 15 is 0 Å². The Balaban J connectivity index is 1.53. The average Bonchev–Trinajstić information content (AvgIpc) is 2.64. The molecule has 0 aliphatic carbocycles. The van der Waals surface area contributed by atoms with E-state index in [2.05, 4.69) is 15.5 Å². The summed E-state index contributed by atoms with van der Waals surface area (Å²) < 4.78 is 5.36. The molecule has 2 aromatic rings. The standard InChI is InChI=1S/C20H23N3O3/c1-15(24)21-17-4-2-16(3-5-17)14-20(25)22-18-6-8-19(9-7-18)23-10-12-26-13-11-23/h2-9H,10-14H2,1H3,(H,21,24)(H,22,25). The van der Waals surface area contributed by atoms with Crippen molar-refractivity contribution in [1.29, 1.82) is 0 Å². The van der Waals surface area contributed by atoms with Crippen LogP contribution in [-0.2, 0) is 20.7 Å². The van der Waals surface area contributed by atoms with Gasteiger partial charge < -0.3 is 20.3 Å². The van der Waals surface area contributed by atoms with Crippen molar-refractivity contribution in [3.05, 3.63) is 54.1 Å². The van der Waals surface area contributed by atoms with E-state index in [1.165, 1.54) is 6.92 Å². The number of hydrogen-bond donors (Lipinski definition) is 2. The monoisotopic (exact) mass is 353 g/mol. The maximum absolute atomic E-state index is 12.2. The van der Waals surface area contributed by atoms with Gasteiger partial charge in [-0.15, -0.1) is 0 Å². The first kappa shape index (κ1) is 17.9. The molecule has 26 heavy (non-hydrogen) atoms. The lowest BCUT2D eigenvalue weighted by Gasteiger charge is -2.28. The summed E-state index contributed by atoms with van der Waals surface area (Å²) in [4.78, 5) is 25.5. The second-order valence-electron chi connectivity index (χ2n) is 6.25. The lowest BCUT2D eigenvalue weighted by molar-refractivity contribution is -0.116. The van der Waals surface area contributed by atoms with Gasteiger partial charge in [0.15, 0.2) is 0 Å². The summed E-state index contributed by atoms with van der Waals surface area (Å²) in [5.74, 6) is -0.188. The Morgan fingerprint density at radius 3 is 2.12 bits per heavy atom. The van der Waals surface area contributed by atoms with Crippen LogP contribution in [0.25, 0.3) is 0 Å². The molecule has 0 spiro atoms. The zero-order chi connectivity index (χ0) is 18.4. The minimum absolute atomic E-state index is 0.0728. The van der Waals surface area contributed by atoms with Gasteiger partial charge in [-0.25, -0.2) is 0 Å². The molecule has 2 aromatic carbocycles. The highest BCUT2D eigenvalue weighted by Gasteiger charge is 2.11. The zero-order valence-corrected chi connectivity index (χ0v) is 14.8. The third-order valence-electron chi connectivity index (χ3n) is 4.17. The van der Waals surface area contributed by atoms with E-state index in [9.17, 15) is 9.59 Å². The number of carbonyl (C=O) groups excluding carboxylic acids is 2. The number of nitrogens with one attached hydrogen (secondary N) is 2. The molecule has 6 heteroatoms. The van der Waals surface area contributed by atoms with Gasteiger partial charge in [0.05, 0.1) is 19.6 Å². The summed E-state index contributed by atoms with van der Waals surface area (Å²) in [5, 5.41) is 5.62. The number of carbonyl (C=O) groups is 2. The fourth-order valence-corrected chi connectivity index (χ4v) is 2.88. The number of rotatable bonds is 5. The highest BCUT2D eigenvalue weighted by Crippen LogP contribution is 2.19. The number of ether oxygens (including phenoxy) is 1. The summed E-state index contributed by atoms with van der Waals surface area (Å²) in [7, 11) is 0. The molecule has 0 bridgehead atoms. The molecule has 2 N–H and O–H groups in total. The Labute approximate surface area is 153 Å². The lowest BCUT2D eigenvalue weighted by Crippen LogP contribution is -2.36. The third-order valence-corrected chi connectivity index (χ3v) is 4.17. The van der Waals surface area contributed by atoms with Crippen LogP contribution in [0.3, 0.4) is 0 Å². The predicted molar refractivity (Wildman–Crippen MR) is 103 cm³/mol. The Hall–Kier alpha value is -2.86. The molecule has 0 saturated carbocycles. The summed E-state index contributed by atoms with van der Waals surface area (Å²) >= 11 is 0. The second kappa shape index (κ2) is 8.49. The molecule has 0 aromatic heterocycles. The fraction of sp³-hybridized carbons (Fsp3) is 0.300. The Morgan fingerprint density at radius 1 is 0.923 bits per heavy atom. The molecule has 2 amide bonds. The second-order valence-corrected chi connectivity index (χ2v) is 6.25. The molecule has 1 fully saturated rings. The van der Waals surface area contributed by atoms with Crippen LogP contribution in [0, 0.1) is 0 Å². The quantitative estimate of drug-likeness (QED) is 0.867. The smallest absolute Gasteiger partial charge is 0.228 e. The minimum atomic E-state index is -0.115. The molecule has 136 valence electrons. The number of morpholine rings is 1. The highest BCUT2D eigenvalue weighted by atomic mass is 16.5. The van der Waals surface area contributed by atoms with Crippen molar-refractivity contribution in [2.75, 3.05) is 41.8 Å². The molecule has 1 aliphatic rings. The summed E-state index contributed by atoms with van der Waals surface area (Å²) in [6.07, 6.45) is 0.283. The van der Waals surface area contributed by atoms with E-state index in [0.717, 1.165) is 48.9 Å². The third kappa shape index (κ3) is 5.07. The van der Waals surface area contributed by atoms with Crippen molar-refractivity contribution in [2.45, 2.75) is 13.3 Å². The summed E-state index contributed by atoms with van der Waals surface area (Å²) in [6.45, 7) is 4.74. The molecular formula is C20H23N3O3. The molecule has 0 unspecified atom stereocenters. The van der Waals surface area contributed by atoms with Crippen LogP contribution in [0.5, 0.6) is 0 Å². The van der Waals surface area contributed by atoms with Gasteiger partial charge in [-0.2, -0.15) is 0 Å². The van der Waals surface area contributed by atoms with Gasteiger partial charge in [0, 0.05) is 37.1 Å². The summed E-state index contributed by atoms with van der Waals surface area (Å²) in [5.41, 5.74) is 3.53. The van der Waals surface area contributed by atoms with Crippen LogP contribution >= 0.6 is 0 Å². The maximum Gasteiger partial charge on any atom is 0.228 e. The van der Waals surface area contributed by atoms with Crippen molar-refractivity contribution in [1.82, 2.24) is 0 Å². The first-order chi connectivity index (χ1) is 12.6. The maximum atomic E-state index is 12.2. The zero-order valence-electron chi connectivity index (χ0n) is 14.8. The number of benzene rings is 2. The Bertz CT molecular complexity index is 751. The van der Waals surface area contributed by atoms with Crippen LogP contribution in [0.15, 0.2) is 48.5 Å². The minimum Gasteiger partial charge on any atom is -0.378 e. The van der Waals surface area contributed by atoms with Crippen LogP contribution in [0.4, 0.5) is 17.1 Å². The van der Waals surface area contributed by atoms with Crippen LogP contribution in [0.2, 0.25) is 0 Å². The van der Waals surface area contributed by atoms with Crippen molar-refractivity contribution >= 4 is 28.9 Å². The van der Waals surface area contributed by atoms with Crippen LogP contribution in [-0.4, -0.2) is 38.1 Å². The van der Waals surface area contributed by atoms with E-state index in [4.69, 9.17) is 4.74 Å². The van der Waals surface area contributed by atoms with Crippen LogP contribution in [0.1, 0.15) is 12.5 Å². The van der Waals surface area contributed by atoms with Gasteiger partial charge in [0.1, 0.15) is 0 Å². The number of amides is 2. The number of anilines is 3. The highest BCUT2D eigenvalue weighted by molar-refractivity contribution is 5.92. The van der Waals surface area contributed by atoms with Gasteiger partial charge in [-0.1, -0.05) is 12.1 Å². The first-order valence-electron chi connectivity index (χ1n) is 8.69. The van der Waals surface area contributed by atoms with E-state index in [0.29, 0.717) is 0 Å². The number of hydrogen-bond acceptors (Lipinski definition) is 4. The van der Waals surface area contributed by atoms with Gasteiger partial charge in [0.2, 0.25) is 11.8 Å². The lowest BCUT2D eigenvalue weighted by atomic mass is 10.1. The molecule has 0 atom stereocenters. The van der Waals surface area contributed by atoms with Gasteiger partial charge in [-0.05, 0) is 42.0 Å². The Morgan fingerprint density at radius 2 is 1.50 bits per heavy atom. The van der Waals surface area contributed by atoms with E-state index in [1.807, 2.05) is 36.4 Å². The van der Waals surface area contributed by atoms with E-state index < -0.39 is 0 Å². The van der Waals surface area contributed by atoms with E-state index in [-0.39, 0.29) is 18.2 Å². The van der Waals surface area contributed by atoms with Gasteiger partial charge in [0.25, 0.3) is 0 Å². The molecule has 1 aliphatic heterocycles. The van der Waals surface area contributed by atoms with Crippen LogP contribution < -0.4 is 15.5 Å². The SMILES string of the molecule is CC(=O)Nc1ccc(CC(=O)Nc2ccc(N3CCOCC3)cc2)cc1. The van der Waals surface area contributed by atoms with Crippen molar-refractivity contribution in [3.8, 4) is 0 Å². The topological polar surface area (TPSA) is 70.7 Å². The van der Waals surface area contributed by atoms with Crippen molar-refractivity contribution in [2.24, 2.45) is 0 Å². The first-order valence-corrected chi connectivity index (χ1v) is 8.69. The van der Waals surface area contributed by atoms with Gasteiger partial charge >= 0.3 is 0 Å². The number of nitrogens with zero attached hydrogens (tertiary/aromatic N) is 1. The fourth-order valence-electron chi connectivity index (χ4n) is 2.88. The average molecular weight is 353 g/mol. The molecule has 1 saturated heterocycles. The molecule has 3 rings (SSSR count). The van der Waals surface area contributed by atoms with Crippen molar-refractivity contribution < 1.29 is 14.3 Å². The van der Waals surface area contributed by atoms with E-state index in [1.54, 1.807) is 12.1 Å². The normalized spacial score (nSPS) is 14.0. The largest absolute Gasteiger partial charge is 0.378 e. The summed E-state index contributed by atoms with van der Waals surface area (Å²) in [6, 6.07) is 15.1. The molecule has 0 radical (unpaired) electrons. The van der Waals surface area contributed by atoms with Crippen molar-refractivity contribution in [3.63, 3.8) is 0 Å². The molecule has 1 heterocycles. The van der Waals surface area contributed by atoms with Gasteiger partial charge in [-0.3, -0.25) is 9.59 Å².